The summed E-state index contributed by atoms with van der Waals surface area (Å²) in [5.74, 6) is 0. The maximum absolute atomic E-state index is 2.26. The van der Waals surface area contributed by atoms with E-state index in [0.29, 0.717) is 0 Å². The molecule has 1 heteroatoms. The van der Waals surface area contributed by atoms with Gasteiger partial charge in [-0.25, -0.2) is 0 Å². The van der Waals surface area contributed by atoms with Gasteiger partial charge in [-0.05, 0) is 6.92 Å². The molecule has 0 aliphatic heterocycles. The predicted molar refractivity (Wildman–Crippen MR) is 115 cm³/mol. The van der Waals surface area contributed by atoms with Crippen molar-refractivity contribution in [1.82, 2.24) is 0 Å². The molecule has 0 N–H and O–H groups in total. The van der Waals surface area contributed by atoms with E-state index in [2.05, 4.69) is 110 Å². The molecule has 0 spiro atoms. The minimum atomic E-state index is -1.39. The third-order valence-electron chi connectivity index (χ3n) is 3.98. The summed E-state index contributed by atoms with van der Waals surface area (Å²) in [6.45, 7) is 2.08. The fraction of sp³-hybridized carbons (Fsp3) is 0.0400. The minimum absolute atomic E-state index is 1.32. The van der Waals surface area contributed by atoms with Crippen molar-refractivity contribution in [2.75, 3.05) is 0 Å². The Bertz CT molecular complexity index is 778. The van der Waals surface area contributed by atoms with E-state index in [0.717, 1.165) is 0 Å². The van der Waals surface area contributed by atoms with Crippen LogP contribution in [0, 0.1) is 6.92 Å². The van der Waals surface area contributed by atoms with Crippen LogP contribution >= 0.6 is 0 Å². The number of rotatable bonds is 3. The van der Waals surface area contributed by atoms with Gasteiger partial charge in [0.05, 0.1) is 0 Å². The molecule has 0 bridgehead atoms. The zero-order chi connectivity index (χ0) is 18.0. The molecule has 4 aromatic rings. The summed E-state index contributed by atoms with van der Waals surface area (Å²) in [6.07, 6.45) is 0. The average Bonchev–Trinajstić information content (AvgIpc) is 2.72. The van der Waals surface area contributed by atoms with Gasteiger partial charge >= 0.3 is 119 Å². The second kappa shape index (κ2) is 9.80. The molecule has 0 radical (unpaired) electrons. The summed E-state index contributed by atoms with van der Waals surface area (Å²) in [6, 6.07) is 43.0. The van der Waals surface area contributed by atoms with E-state index in [1.807, 2.05) is 18.2 Å². The van der Waals surface area contributed by atoms with Crippen LogP contribution in [0.3, 0.4) is 0 Å². The van der Waals surface area contributed by atoms with E-state index in [1.54, 1.807) is 0 Å². The van der Waals surface area contributed by atoms with Gasteiger partial charge in [-0.15, -0.1) is 0 Å². The zero-order valence-electron chi connectivity index (χ0n) is 15.0. The van der Waals surface area contributed by atoms with Gasteiger partial charge in [0.25, 0.3) is 0 Å². The summed E-state index contributed by atoms with van der Waals surface area (Å²) in [5, 5.41) is 0. The van der Waals surface area contributed by atoms with Crippen LogP contribution < -0.4 is 13.1 Å². The van der Waals surface area contributed by atoms with Gasteiger partial charge in [0.1, 0.15) is 0 Å². The molecule has 0 atom stereocenters. The normalized spacial score (nSPS) is 10.1. The van der Waals surface area contributed by atoms with E-state index in [4.69, 9.17) is 0 Å². The summed E-state index contributed by atoms with van der Waals surface area (Å²) >= 11 is -1.39. The molecule has 0 saturated heterocycles. The number of hydrogen-bond acceptors (Lipinski definition) is 0. The van der Waals surface area contributed by atoms with E-state index in [1.165, 1.54) is 18.6 Å². The molecular formula is C25H23As. The monoisotopic (exact) mass is 398 g/mol. The molecule has 0 aromatic heterocycles. The van der Waals surface area contributed by atoms with Crippen LogP contribution in [0.1, 0.15) is 5.56 Å². The second-order valence-corrected chi connectivity index (χ2v) is 10.7. The maximum atomic E-state index is 2.26. The Morgan fingerprint density at radius 3 is 0.885 bits per heavy atom. The Labute approximate surface area is 161 Å². The molecule has 26 heavy (non-hydrogen) atoms. The SMILES string of the molecule is Cc1ccccc1.c1ccc([As](c2ccccc2)c2ccccc2)cc1. The number of benzene rings is 4. The van der Waals surface area contributed by atoms with Crippen LogP contribution in [-0.2, 0) is 0 Å². The van der Waals surface area contributed by atoms with Gasteiger partial charge < -0.3 is 0 Å². The van der Waals surface area contributed by atoms with Crippen LogP contribution in [0.25, 0.3) is 0 Å². The fourth-order valence-corrected chi connectivity index (χ4v) is 7.55. The van der Waals surface area contributed by atoms with E-state index in [-0.39, 0.29) is 0 Å². The molecule has 128 valence electrons. The molecule has 0 aliphatic rings. The van der Waals surface area contributed by atoms with Gasteiger partial charge in [0.15, 0.2) is 0 Å². The molecule has 0 saturated carbocycles. The van der Waals surface area contributed by atoms with Gasteiger partial charge in [0.2, 0.25) is 0 Å². The van der Waals surface area contributed by atoms with Crippen molar-refractivity contribution < 1.29 is 0 Å². The van der Waals surface area contributed by atoms with Gasteiger partial charge in [-0.3, -0.25) is 0 Å². The molecule has 4 aromatic carbocycles. The Kier molecular flexibility index (Phi) is 6.87. The topological polar surface area (TPSA) is 0 Å². The molecule has 0 heterocycles. The van der Waals surface area contributed by atoms with Crippen LogP contribution in [0.5, 0.6) is 0 Å². The molecule has 0 nitrogen and oxygen atoms in total. The number of hydrogen-bond donors (Lipinski definition) is 0. The van der Waals surface area contributed by atoms with E-state index < -0.39 is 14.7 Å². The Balaban J connectivity index is 0.000000236. The third-order valence-corrected chi connectivity index (χ3v) is 9.11. The first kappa shape index (κ1) is 18.2. The summed E-state index contributed by atoms with van der Waals surface area (Å²) in [7, 11) is 0. The van der Waals surface area contributed by atoms with Crippen molar-refractivity contribution in [3.8, 4) is 0 Å². The molecular weight excluding hydrogens is 375 g/mol. The van der Waals surface area contributed by atoms with Crippen LogP contribution in [0.4, 0.5) is 0 Å². The van der Waals surface area contributed by atoms with Crippen LogP contribution in [-0.4, -0.2) is 14.7 Å². The van der Waals surface area contributed by atoms with Crippen LogP contribution in [0.2, 0.25) is 0 Å². The van der Waals surface area contributed by atoms with Gasteiger partial charge in [-0.2, -0.15) is 0 Å². The summed E-state index contributed by atoms with van der Waals surface area (Å²) in [4.78, 5) is 0. The average molecular weight is 398 g/mol. The molecule has 4 rings (SSSR count). The molecule has 0 amide bonds. The predicted octanol–water partition coefficient (Wildman–Crippen LogP) is 4.20. The van der Waals surface area contributed by atoms with Crippen LogP contribution in [0.15, 0.2) is 121 Å². The molecule has 0 aliphatic carbocycles. The Morgan fingerprint density at radius 1 is 0.385 bits per heavy atom. The first-order chi connectivity index (χ1) is 12.8. The van der Waals surface area contributed by atoms with Crippen molar-refractivity contribution in [2.24, 2.45) is 0 Å². The zero-order valence-corrected chi connectivity index (χ0v) is 16.9. The summed E-state index contributed by atoms with van der Waals surface area (Å²) in [5.41, 5.74) is 1.32. The molecule has 0 fully saturated rings. The third kappa shape index (κ3) is 5.22. The fourth-order valence-electron chi connectivity index (χ4n) is 2.71. The Morgan fingerprint density at radius 2 is 0.654 bits per heavy atom. The van der Waals surface area contributed by atoms with Crippen molar-refractivity contribution in [2.45, 2.75) is 6.92 Å². The Hall–Kier alpha value is -2.56. The summed E-state index contributed by atoms with van der Waals surface area (Å²) < 4.78 is 4.44. The van der Waals surface area contributed by atoms with Gasteiger partial charge in [0, 0.05) is 0 Å². The van der Waals surface area contributed by atoms with Crippen molar-refractivity contribution in [3.63, 3.8) is 0 Å². The quantitative estimate of drug-likeness (QED) is 0.454. The van der Waals surface area contributed by atoms with Gasteiger partial charge in [-0.1, -0.05) is 35.9 Å². The first-order valence-corrected chi connectivity index (χ1v) is 11.6. The van der Waals surface area contributed by atoms with Crippen molar-refractivity contribution in [1.29, 1.82) is 0 Å². The second-order valence-electron chi connectivity index (χ2n) is 6.00. The van der Waals surface area contributed by atoms with Crippen molar-refractivity contribution >= 4 is 27.7 Å². The molecule has 0 unspecified atom stereocenters. The number of aryl methyl sites for hydroxylation is 1. The first-order valence-electron chi connectivity index (χ1n) is 8.81. The van der Waals surface area contributed by atoms with Crippen molar-refractivity contribution in [3.05, 3.63) is 127 Å². The van der Waals surface area contributed by atoms with E-state index >= 15 is 0 Å². The standard InChI is InChI=1S/C18H15As.C7H8/c1-4-10-16(11-5-1)19(17-12-6-2-7-13-17)18-14-8-3-9-15-18;1-7-5-3-2-4-6-7/h1-15H;2-6H,1H3. The van der Waals surface area contributed by atoms with E-state index in [9.17, 15) is 0 Å².